The zero-order valence-electron chi connectivity index (χ0n) is 16.5. The molecule has 9 nitrogen and oxygen atoms in total. The number of aromatic nitrogens is 4. The van der Waals surface area contributed by atoms with E-state index in [1.807, 2.05) is 24.8 Å². The molecule has 1 aliphatic rings. The lowest BCUT2D eigenvalue weighted by Crippen LogP contribution is -2.52. The van der Waals surface area contributed by atoms with Crippen molar-refractivity contribution in [1.82, 2.24) is 24.6 Å². The van der Waals surface area contributed by atoms with Gasteiger partial charge in [-0.15, -0.1) is 0 Å². The van der Waals surface area contributed by atoms with Gasteiger partial charge in [0.25, 0.3) is 5.91 Å². The van der Waals surface area contributed by atoms with Crippen molar-refractivity contribution in [2.24, 2.45) is 0 Å². The number of esters is 1. The average molecular weight is 386 g/mol. The first-order valence-corrected chi connectivity index (χ1v) is 9.45. The van der Waals surface area contributed by atoms with Crippen molar-refractivity contribution in [2.45, 2.75) is 39.8 Å². The van der Waals surface area contributed by atoms with Crippen LogP contribution in [0, 0.1) is 13.8 Å². The van der Waals surface area contributed by atoms with Crippen molar-refractivity contribution >= 4 is 17.8 Å². The van der Waals surface area contributed by atoms with Crippen LogP contribution in [0.3, 0.4) is 0 Å². The third kappa shape index (κ3) is 4.85. The zero-order chi connectivity index (χ0) is 20.1. The number of amides is 1. The van der Waals surface area contributed by atoms with Gasteiger partial charge < -0.3 is 14.5 Å². The van der Waals surface area contributed by atoms with Crippen molar-refractivity contribution in [1.29, 1.82) is 0 Å². The topological polar surface area (TPSA) is 93.5 Å². The van der Waals surface area contributed by atoms with Gasteiger partial charge in [0, 0.05) is 44.3 Å². The number of aryl methyl sites for hydroxylation is 3. The highest BCUT2D eigenvalue weighted by molar-refractivity contribution is 5.83. The van der Waals surface area contributed by atoms with Crippen LogP contribution in [0.4, 0.5) is 5.95 Å². The number of hydrogen-bond donors (Lipinski definition) is 0. The molecule has 1 saturated heterocycles. The predicted molar refractivity (Wildman–Crippen MR) is 103 cm³/mol. The summed E-state index contributed by atoms with van der Waals surface area (Å²) in [6, 6.07) is 3.73. The molecular weight excluding hydrogens is 360 g/mol. The molecule has 1 aliphatic heterocycles. The van der Waals surface area contributed by atoms with Crippen LogP contribution in [-0.2, 0) is 20.9 Å². The van der Waals surface area contributed by atoms with Crippen LogP contribution in [0.5, 0.6) is 0 Å². The molecule has 2 aromatic rings. The highest BCUT2D eigenvalue weighted by atomic mass is 16.5. The molecule has 3 heterocycles. The Hall–Kier alpha value is -2.97. The van der Waals surface area contributed by atoms with E-state index in [4.69, 9.17) is 4.74 Å². The Kier molecular flexibility index (Phi) is 6.23. The van der Waals surface area contributed by atoms with Crippen LogP contribution in [0.2, 0.25) is 0 Å². The van der Waals surface area contributed by atoms with E-state index in [1.165, 1.54) is 0 Å². The lowest BCUT2D eigenvalue weighted by molar-refractivity contribution is -0.159. The summed E-state index contributed by atoms with van der Waals surface area (Å²) in [4.78, 5) is 36.9. The van der Waals surface area contributed by atoms with Gasteiger partial charge in [-0.05, 0) is 32.9 Å². The van der Waals surface area contributed by atoms with Gasteiger partial charge in [-0.25, -0.2) is 9.97 Å². The Bertz CT molecular complexity index is 814. The average Bonchev–Trinajstić information content (AvgIpc) is 3.03. The summed E-state index contributed by atoms with van der Waals surface area (Å²) < 4.78 is 7.11. The molecule has 1 amide bonds. The molecule has 0 N–H and O–H groups in total. The molecule has 1 atom stereocenters. The molecule has 0 spiro atoms. The van der Waals surface area contributed by atoms with Crippen molar-refractivity contribution in [3.8, 4) is 0 Å². The Morgan fingerprint density at radius 2 is 1.82 bits per heavy atom. The highest BCUT2D eigenvalue weighted by Crippen LogP contribution is 2.12. The lowest BCUT2D eigenvalue weighted by Gasteiger charge is -2.35. The number of hydrogen-bond acceptors (Lipinski definition) is 7. The first-order valence-electron chi connectivity index (χ1n) is 9.45. The number of carbonyl (C=O) groups excluding carboxylic acids is 2. The monoisotopic (exact) mass is 386 g/mol. The maximum atomic E-state index is 12.6. The summed E-state index contributed by atoms with van der Waals surface area (Å²) >= 11 is 0. The standard InChI is InChI=1S/C19H26N6O3/c1-14-13-15(2)25(22-14)8-5-17(26)28-16(3)18(27)23-9-11-24(12-10-23)19-20-6-4-7-21-19/h4,6-7,13,16H,5,8-12H2,1-3H3. The molecule has 0 saturated carbocycles. The molecule has 0 aliphatic carbocycles. The Balaban J connectivity index is 1.44. The summed E-state index contributed by atoms with van der Waals surface area (Å²) in [5.74, 6) is 0.0936. The van der Waals surface area contributed by atoms with Gasteiger partial charge in [-0.2, -0.15) is 5.10 Å². The van der Waals surface area contributed by atoms with E-state index in [9.17, 15) is 9.59 Å². The normalized spacial score (nSPS) is 15.4. The van der Waals surface area contributed by atoms with Crippen molar-refractivity contribution in [3.05, 3.63) is 35.9 Å². The SMILES string of the molecule is Cc1cc(C)n(CCC(=O)OC(C)C(=O)N2CCN(c3ncccn3)CC2)n1. The summed E-state index contributed by atoms with van der Waals surface area (Å²) in [5, 5.41) is 4.32. The second-order valence-electron chi connectivity index (χ2n) is 6.89. The maximum absolute atomic E-state index is 12.6. The Labute approximate surface area is 164 Å². The van der Waals surface area contributed by atoms with Gasteiger partial charge in [-0.3, -0.25) is 14.3 Å². The first-order chi connectivity index (χ1) is 13.4. The van der Waals surface area contributed by atoms with Crippen LogP contribution < -0.4 is 4.90 Å². The van der Waals surface area contributed by atoms with E-state index in [0.717, 1.165) is 11.4 Å². The summed E-state index contributed by atoms with van der Waals surface area (Å²) in [6.45, 7) is 8.30. The second kappa shape index (κ2) is 8.81. The number of rotatable bonds is 6. The van der Waals surface area contributed by atoms with Gasteiger partial charge in [0.1, 0.15) is 0 Å². The van der Waals surface area contributed by atoms with Crippen molar-refractivity contribution < 1.29 is 14.3 Å². The molecule has 1 fully saturated rings. The molecule has 0 bridgehead atoms. The summed E-state index contributed by atoms with van der Waals surface area (Å²) in [7, 11) is 0. The largest absolute Gasteiger partial charge is 0.452 e. The van der Waals surface area contributed by atoms with E-state index in [0.29, 0.717) is 38.7 Å². The van der Waals surface area contributed by atoms with Crippen LogP contribution >= 0.6 is 0 Å². The molecule has 2 aromatic heterocycles. The van der Waals surface area contributed by atoms with E-state index in [1.54, 1.807) is 35.0 Å². The number of anilines is 1. The lowest BCUT2D eigenvalue weighted by atomic mass is 10.2. The quantitative estimate of drug-likeness (QED) is 0.683. The van der Waals surface area contributed by atoms with E-state index in [-0.39, 0.29) is 12.3 Å². The minimum Gasteiger partial charge on any atom is -0.452 e. The van der Waals surface area contributed by atoms with E-state index in [2.05, 4.69) is 15.1 Å². The van der Waals surface area contributed by atoms with Crippen LogP contribution in [-0.4, -0.2) is 68.8 Å². The third-order valence-corrected chi connectivity index (χ3v) is 4.71. The van der Waals surface area contributed by atoms with E-state index < -0.39 is 12.1 Å². The fraction of sp³-hybridized carbons (Fsp3) is 0.526. The Morgan fingerprint density at radius 3 is 2.43 bits per heavy atom. The van der Waals surface area contributed by atoms with Crippen LogP contribution in [0.25, 0.3) is 0 Å². The van der Waals surface area contributed by atoms with Gasteiger partial charge in [0.15, 0.2) is 6.10 Å². The molecule has 0 radical (unpaired) electrons. The first kappa shape index (κ1) is 19.8. The maximum Gasteiger partial charge on any atom is 0.308 e. The Morgan fingerprint density at radius 1 is 1.14 bits per heavy atom. The zero-order valence-corrected chi connectivity index (χ0v) is 16.5. The number of ether oxygens (including phenoxy) is 1. The molecule has 1 unspecified atom stereocenters. The summed E-state index contributed by atoms with van der Waals surface area (Å²) in [6.07, 6.45) is 2.78. The van der Waals surface area contributed by atoms with Gasteiger partial charge >= 0.3 is 5.97 Å². The van der Waals surface area contributed by atoms with Crippen LogP contribution in [0.1, 0.15) is 24.7 Å². The van der Waals surface area contributed by atoms with Gasteiger partial charge in [-0.1, -0.05) is 0 Å². The van der Waals surface area contributed by atoms with Crippen molar-refractivity contribution in [3.63, 3.8) is 0 Å². The molecular formula is C19H26N6O3. The number of piperazine rings is 1. The minimum absolute atomic E-state index is 0.173. The molecule has 0 aromatic carbocycles. The number of nitrogens with zero attached hydrogens (tertiary/aromatic N) is 6. The molecule has 3 rings (SSSR count). The van der Waals surface area contributed by atoms with E-state index >= 15 is 0 Å². The second-order valence-corrected chi connectivity index (χ2v) is 6.89. The summed E-state index contributed by atoms with van der Waals surface area (Å²) in [5.41, 5.74) is 1.91. The molecule has 28 heavy (non-hydrogen) atoms. The minimum atomic E-state index is -0.799. The van der Waals surface area contributed by atoms with Crippen LogP contribution in [0.15, 0.2) is 24.5 Å². The third-order valence-electron chi connectivity index (χ3n) is 4.71. The van der Waals surface area contributed by atoms with Gasteiger partial charge in [0.2, 0.25) is 5.95 Å². The predicted octanol–water partition coefficient (Wildman–Crippen LogP) is 0.961. The number of carbonyl (C=O) groups is 2. The fourth-order valence-electron chi connectivity index (χ4n) is 3.24. The van der Waals surface area contributed by atoms with Crippen molar-refractivity contribution in [2.75, 3.05) is 31.1 Å². The molecule has 9 heteroatoms. The molecule has 150 valence electrons. The van der Waals surface area contributed by atoms with Gasteiger partial charge in [0.05, 0.1) is 18.7 Å². The smallest absolute Gasteiger partial charge is 0.308 e. The highest BCUT2D eigenvalue weighted by Gasteiger charge is 2.27. The fourth-order valence-corrected chi connectivity index (χ4v) is 3.24.